The van der Waals surface area contributed by atoms with Gasteiger partial charge in [-0.15, -0.1) is 0 Å². The maximum atomic E-state index is 12.1. The quantitative estimate of drug-likeness (QED) is 0.111. The van der Waals surface area contributed by atoms with Crippen molar-refractivity contribution in [3.63, 3.8) is 0 Å². The maximum absolute atomic E-state index is 12.1. The van der Waals surface area contributed by atoms with E-state index in [-0.39, 0.29) is 37.3 Å². The van der Waals surface area contributed by atoms with Crippen molar-refractivity contribution in [3.8, 4) is 0 Å². The van der Waals surface area contributed by atoms with Crippen molar-refractivity contribution in [2.75, 3.05) is 7.11 Å². The number of carbonyl (C=O) groups excluding carboxylic acids is 1. The number of esters is 1. The van der Waals surface area contributed by atoms with Crippen LogP contribution in [0.5, 0.6) is 0 Å². The van der Waals surface area contributed by atoms with Gasteiger partial charge in [0.25, 0.3) is 0 Å². The molecule has 0 aliphatic heterocycles. The fourth-order valence-corrected chi connectivity index (χ4v) is 6.36. The number of fused-ring (bicyclic) bond motifs is 4. The molecule has 0 saturated carbocycles. The molecule has 274 valence electrons. The number of aromatic nitrogens is 6. The average Bonchev–Trinajstić information content (AvgIpc) is 3.71. The summed E-state index contributed by atoms with van der Waals surface area (Å²) in [5, 5.41) is 13.5. The molecule has 56 heavy (non-hydrogen) atoms. The summed E-state index contributed by atoms with van der Waals surface area (Å²) in [5.41, 5.74) is 6.01. The molecule has 0 aliphatic carbocycles. The van der Waals surface area contributed by atoms with Gasteiger partial charge >= 0.3 is 30.8 Å². The van der Waals surface area contributed by atoms with Crippen LogP contribution in [-0.2, 0) is 17.8 Å². The zero-order valence-corrected chi connectivity index (χ0v) is 30.6. The van der Waals surface area contributed by atoms with Crippen molar-refractivity contribution in [3.05, 3.63) is 153 Å². The van der Waals surface area contributed by atoms with Gasteiger partial charge in [0.15, 0.2) is 0 Å². The molecular formula is C40H29Cl2LiN8O5. The number of methoxy groups -OCH3 is 1. The molecule has 13 nitrogen and oxygen atoms in total. The molecular weight excluding hydrogens is 750 g/mol. The van der Waals surface area contributed by atoms with Gasteiger partial charge in [-0.1, -0.05) is 42.8 Å². The topological polar surface area (TPSA) is 164 Å². The number of ether oxygens (including phenoxy) is 1. The molecule has 2 aromatic carbocycles. The Bertz CT molecular complexity index is 2860. The van der Waals surface area contributed by atoms with E-state index in [2.05, 4.69) is 29.6 Å². The van der Waals surface area contributed by atoms with Crippen LogP contribution >= 0.6 is 23.2 Å². The number of nitrogens with zero attached hydrogens (tertiary/aromatic N) is 8. The molecule has 0 atom stereocenters. The number of carboxylic acid groups (broad SMARTS) is 1. The predicted molar refractivity (Wildman–Crippen MR) is 211 cm³/mol. The zero-order chi connectivity index (χ0) is 37.2. The van der Waals surface area contributed by atoms with Crippen molar-refractivity contribution >= 4 is 90.4 Å². The molecule has 2 N–H and O–H groups in total. The summed E-state index contributed by atoms with van der Waals surface area (Å²) < 4.78 is 8.51. The Hall–Kier alpha value is -6.30. The minimum absolute atomic E-state index is 0. The Kier molecular flexibility index (Phi) is 13.6. The molecule has 0 saturated heterocycles. The summed E-state index contributed by atoms with van der Waals surface area (Å²) in [6, 6.07) is 18.6. The first-order valence-electron chi connectivity index (χ1n) is 15.8. The van der Waals surface area contributed by atoms with E-state index in [9.17, 15) is 14.7 Å². The number of pyridine rings is 4. The summed E-state index contributed by atoms with van der Waals surface area (Å²) in [5.74, 6) is -1.51. The zero-order valence-electron chi connectivity index (χ0n) is 29.1. The molecule has 8 rings (SSSR count). The first-order valence-corrected chi connectivity index (χ1v) is 16.5. The molecule has 6 aromatic heterocycles. The van der Waals surface area contributed by atoms with Crippen LogP contribution in [0.4, 0.5) is 11.4 Å². The number of rotatable bonds is 6. The van der Waals surface area contributed by atoms with Gasteiger partial charge in [-0.2, -0.15) is 0 Å². The smallest absolute Gasteiger partial charge is 0.870 e. The summed E-state index contributed by atoms with van der Waals surface area (Å²) in [6.07, 6.45) is 9.41. The molecule has 0 unspecified atom stereocenters. The van der Waals surface area contributed by atoms with E-state index in [1.54, 1.807) is 41.5 Å². The Balaban J connectivity index is 0.000000236. The van der Waals surface area contributed by atoms with E-state index in [1.807, 2.05) is 53.1 Å². The van der Waals surface area contributed by atoms with Crippen LogP contribution in [0.25, 0.3) is 53.6 Å². The summed E-state index contributed by atoms with van der Waals surface area (Å²) in [7, 11) is 1.33. The number of aromatic carboxylic acids is 1. The first kappa shape index (κ1) is 42.4. The van der Waals surface area contributed by atoms with Gasteiger partial charge in [0.2, 0.25) is 11.4 Å². The van der Waals surface area contributed by atoms with E-state index in [1.165, 1.54) is 19.5 Å². The van der Waals surface area contributed by atoms with Crippen molar-refractivity contribution < 1.29 is 43.8 Å². The number of hydrogen-bond acceptors (Lipinski definition) is 8. The minimum Gasteiger partial charge on any atom is -0.870 e. The van der Waals surface area contributed by atoms with Crippen LogP contribution in [0.2, 0.25) is 10.0 Å². The fraction of sp³-hybridized carbons (Fsp3) is 0.100. The number of hydrogen-bond donors (Lipinski definition) is 1. The van der Waals surface area contributed by atoms with Crippen LogP contribution < -0.4 is 18.9 Å². The minimum atomic E-state index is -1.05. The van der Waals surface area contributed by atoms with Gasteiger partial charge in [0, 0.05) is 71.8 Å². The van der Waals surface area contributed by atoms with Crippen molar-refractivity contribution in [2.24, 2.45) is 0 Å². The molecule has 0 radical (unpaired) electrons. The van der Waals surface area contributed by atoms with E-state index in [0.717, 1.165) is 32.9 Å². The largest absolute Gasteiger partial charge is 1.00 e. The summed E-state index contributed by atoms with van der Waals surface area (Å²) in [6.45, 7) is 15.2. The maximum Gasteiger partial charge on any atom is 1.00 e. The Morgan fingerprint density at radius 3 is 1.59 bits per heavy atom. The number of halogens is 2. The molecule has 0 bridgehead atoms. The third kappa shape index (κ3) is 8.64. The van der Waals surface area contributed by atoms with Gasteiger partial charge in [-0.25, -0.2) is 29.2 Å². The van der Waals surface area contributed by atoms with E-state index < -0.39 is 11.9 Å². The number of benzene rings is 2. The second-order valence-corrected chi connectivity index (χ2v) is 12.7. The van der Waals surface area contributed by atoms with Crippen LogP contribution in [0.15, 0.2) is 97.8 Å². The third-order valence-electron chi connectivity index (χ3n) is 8.42. The van der Waals surface area contributed by atoms with E-state index in [4.69, 9.17) is 41.1 Å². The van der Waals surface area contributed by atoms with Crippen molar-refractivity contribution in [1.29, 1.82) is 0 Å². The fourth-order valence-electron chi connectivity index (χ4n) is 6.03. The molecule has 0 spiro atoms. The van der Waals surface area contributed by atoms with Gasteiger partial charge in [-0.3, -0.25) is 9.97 Å². The third-order valence-corrected chi connectivity index (χ3v) is 8.84. The van der Waals surface area contributed by atoms with Gasteiger partial charge < -0.3 is 24.5 Å². The Morgan fingerprint density at radius 2 is 1.16 bits per heavy atom. The molecule has 6 heterocycles. The van der Waals surface area contributed by atoms with Crippen LogP contribution in [0.1, 0.15) is 39.3 Å². The predicted octanol–water partition coefficient (Wildman–Crippen LogP) is 6.62. The molecule has 8 aromatic rings. The van der Waals surface area contributed by atoms with Gasteiger partial charge in [0.05, 0.1) is 52.5 Å². The SMILES string of the molecule is C.[C-]#[N+]c1cnc2c(c1)c(C(=O)O)cn2Cc1ccc2ncc(Cl)cc2c1.[C-]#[N+]c1cnc2c(c1)c(C(=O)OC)cn2Cc1ccc2ncc(Cl)cc2c1.[Li+].[OH-]. The summed E-state index contributed by atoms with van der Waals surface area (Å²) >= 11 is 12.0. The van der Waals surface area contributed by atoms with Crippen LogP contribution in [0.3, 0.4) is 0 Å². The Morgan fingerprint density at radius 1 is 0.714 bits per heavy atom. The number of carbonyl (C=O) groups is 2. The standard InChI is InChI=1S/C20H13ClN4O2.C19H11ClN4O2.CH4.Li.H2O/c1-22-15-7-16-17(20(26)27-2)11-25(19(16)24-9-15)10-12-3-4-18-13(5-12)6-14(21)8-23-18;1-21-14-6-15-16(19(25)26)10-24(18(15)23-8-14)9-11-2-3-17-12(4-11)5-13(20)7-22-17;;;/h3-9,11H,10H2,2H3;2-8,10H,9H2,(H,25,26);1H4;;1H2/q;;;+1;/p-1. The van der Waals surface area contributed by atoms with Crippen molar-refractivity contribution in [1.82, 2.24) is 29.1 Å². The van der Waals surface area contributed by atoms with Gasteiger partial charge in [0.1, 0.15) is 11.3 Å². The van der Waals surface area contributed by atoms with Crippen molar-refractivity contribution in [2.45, 2.75) is 20.5 Å². The van der Waals surface area contributed by atoms with Crippen LogP contribution in [0, 0.1) is 13.1 Å². The number of carboxylic acids is 1. The second-order valence-electron chi connectivity index (χ2n) is 11.9. The second kappa shape index (κ2) is 17.9. The molecule has 0 amide bonds. The Labute approximate surface area is 342 Å². The van der Waals surface area contributed by atoms with E-state index in [0.29, 0.717) is 62.1 Å². The average molecular weight is 780 g/mol. The van der Waals surface area contributed by atoms with Gasteiger partial charge in [-0.05, 0) is 59.7 Å². The summed E-state index contributed by atoms with van der Waals surface area (Å²) in [4.78, 5) is 47.6. The normalized spacial score (nSPS) is 10.3. The molecule has 0 fully saturated rings. The molecule has 0 aliphatic rings. The first-order chi connectivity index (χ1) is 25.6. The van der Waals surface area contributed by atoms with Crippen LogP contribution in [-0.4, -0.2) is 58.7 Å². The monoisotopic (exact) mass is 778 g/mol. The molecule has 16 heteroatoms. The van der Waals surface area contributed by atoms with E-state index >= 15 is 0 Å².